The molecule has 1 aliphatic heterocycles. The van der Waals surface area contributed by atoms with Crippen LogP contribution in [0.4, 0.5) is 11.8 Å². The van der Waals surface area contributed by atoms with Crippen LogP contribution in [0, 0.1) is 25.2 Å². The van der Waals surface area contributed by atoms with Gasteiger partial charge in [-0.05, 0) is 57.2 Å². The zero-order valence-corrected chi connectivity index (χ0v) is 21.1. The molecule has 0 unspecified atom stereocenters. The van der Waals surface area contributed by atoms with Crippen LogP contribution in [-0.2, 0) is 11.3 Å². The van der Waals surface area contributed by atoms with E-state index in [4.69, 9.17) is 4.42 Å². The molecule has 0 radical (unpaired) electrons. The largest absolute Gasteiger partial charge is 0.467 e. The number of nitrogens with one attached hydrogen (secondary N) is 1. The number of carbonyl (C=O) groups is 1. The fourth-order valence-corrected chi connectivity index (χ4v) is 5.97. The molecule has 0 spiro atoms. The van der Waals surface area contributed by atoms with E-state index in [0.29, 0.717) is 29.1 Å². The molecule has 4 heterocycles. The first-order chi connectivity index (χ1) is 17.1. The standard InChI is InChI=1S/C25H31N7O2S/c1-17-18(2)32(19-8-3-4-9-19)23(21(17)14-26)27-22(33)16-35-25-29-28-24(30-11-5-6-12-30)31(25)15-20-10-7-13-34-20/h7,10,13,19H,3-6,8-9,11-12,15-16H2,1-2H3,(H,27,33). The lowest BCUT2D eigenvalue weighted by Gasteiger charge is -2.19. The number of hydrogen-bond donors (Lipinski definition) is 1. The summed E-state index contributed by atoms with van der Waals surface area (Å²) in [5.41, 5.74) is 2.56. The number of amides is 1. The van der Waals surface area contributed by atoms with E-state index in [1.807, 2.05) is 30.5 Å². The van der Waals surface area contributed by atoms with E-state index >= 15 is 0 Å². The van der Waals surface area contributed by atoms with Gasteiger partial charge in [-0.2, -0.15) is 5.26 Å². The zero-order chi connectivity index (χ0) is 24.4. The van der Waals surface area contributed by atoms with Gasteiger partial charge in [-0.25, -0.2) is 0 Å². The summed E-state index contributed by atoms with van der Waals surface area (Å²) in [6, 6.07) is 6.44. The zero-order valence-electron chi connectivity index (χ0n) is 20.3. The third kappa shape index (κ3) is 4.69. The van der Waals surface area contributed by atoms with Crippen LogP contribution in [0.2, 0.25) is 0 Å². The molecule has 0 aromatic carbocycles. The van der Waals surface area contributed by atoms with Gasteiger partial charge in [0.25, 0.3) is 0 Å². The predicted octanol–water partition coefficient (Wildman–Crippen LogP) is 4.66. The van der Waals surface area contributed by atoms with Gasteiger partial charge in [-0.3, -0.25) is 9.36 Å². The lowest BCUT2D eigenvalue weighted by atomic mass is 10.2. The molecule has 1 N–H and O–H groups in total. The third-order valence-corrected chi connectivity index (χ3v) is 8.10. The van der Waals surface area contributed by atoms with Crippen molar-refractivity contribution in [2.75, 3.05) is 29.1 Å². The topological polar surface area (TPSA) is 105 Å². The summed E-state index contributed by atoms with van der Waals surface area (Å²) in [4.78, 5) is 15.3. The van der Waals surface area contributed by atoms with E-state index in [-0.39, 0.29) is 11.7 Å². The first-order valence-electron chi connectivity index (χ1n) is 12.3. The summed E-state index contributed by atoms with van der Waals surface area (Å²) in [6.45, 7) is 6.42. The molecule has 1 saturated heterocycles. The van der Waals surface area contributed by atoms with E-state index in [2.05, 4.69) is 31.1 Å². The molecule has 2 fully saturated rings. The quantitative estimate of drug-likeness (QED) is 0.455. The smallest absolute Gasteiger partial charge is 0.235 e. The number of hydrogen-bond acceptors (Lipinski definition) is 7. The molecule has 10 heteroatoms. The van der Waals surface area contributed by atoms with Gasteiger partial charge in [0, 0.05) is 24.8 Å². The van der Waals surface area contributed by atoms with E-state index in [9.17, 15) is 10.1 Å². The lowest BCUT2D eigenvalue weighted by Crippen LogP contribution is -2.23. The van der Waals surface area contributed by atoms with Gasteiger partial charge in [-0.1, -0.05) is 24.6 Å². The van der Waals surface area contributed by atoms with Crippen molar-refractivity contribution >= 4 is 29.4 Å². The summed E-state index contributed by atoms with van der Waals surface area (Å²) in [7, 11) is 0. The van der Waals surface area contributed by atoms with Crippen LogP contribution in [0.1, 0.15) is 67.1 Å². The lowest BCUT2D eigenvalue weighted by molar-refractivity contribution is -0.113. The van der Waals surface area contributed by atoms with Crippen molar-refractivity contribution < 1.29 is 9.21 Å². The van der Waals surface area contributed by atoms with Crippen molar-refractivity contribution in [3.05, 3.63) is 41.0 Å². The van der Waals surface area contributed by atoms with Crippen LogP contribution in [0.5, 0.6) is 0 Å². The Morgan fingerprint density at radius 3 is 2.69 bits per heavy atom. The molecule has 0 bridgehead atoms. The van der Waals surface area contributed by atoms with Gasteiger partial charge < -0.3 is 19.2 Å². The average molecular weight is 494 g/mol. The van der Waals surface area contributed by atoms with Gasteiger partial charge in [0.2, 0.25) is 11.9 Å². The normalized spacial score (nSPS) is 16.2. The van der Waals surface area contributed by atoms with Crippen molar-refractivity contribution in [3.63, 3.8) is 0 Å². The highest BCUT2D eigenvalue weighted by Gasteiger charge is 2.27. The summed E-state index contributed by atoms with van der Waals surface area (Å²) in [5, 5.41) is 22.4. The maximum absolute atomic E-state index is 13.1. The molecule has 0 atom stereocenters. The van der Waals surface area contributed by atoms with E-state index in [0.717, 1.165) is 61.7 Å². The minimum atomic E-state index is -0.154. The Hall–Kier alpha value is -3.19. The van der Waals surface area contributed by atoms with Crippen LogP contribution in [-0.4, -0.2) is 44.1 Å². The van der Waals surface area contributed by atoms with E-state index < -0.39 is 0 Å². The van der Waals surface area contributed by atoms with Gasteiger partial charge in [-0.15, -0.1) is 10.2 Å². The van der Waals surface area contributed by atoms with Crippen molar-refractivity contribution in [3.8, 4) is 6.07 Å². The Morgan fingerprint density at radius 1 is 1.23 bits per heavy atom. The van der Waals surface area contributed by atoms with Gasteiger partial charge in [0.15, 0.2) is 5.16 Å². The van der Waals surface area contributed by atoms with Gasteiger partial charge in [0.1, 0.15) is 17.6 Å². The molecule has 9 nitrogen and oxygen atoms in total. The summed E-state index contributed by atoms with van der Waals surface area (Å²) < 4.78 is 9.77. The van der Waals surface area contributed by atoms with Crippen LogP contribution in [0.3, 0.4) is 0 Å². The molecule has 35 heavy (non-hydrogen) atoms. The van der Waals surface area contributed by atoms with E-state index in [1.54, 1.807) is 6.26 Å². The molecule has 184 valence electrons. The summed E-state index contributed by atoms with van der Waals surface area (Å²) >= 11 is 1.36. The Morgan fingerprint density at radius 2 is 2.00 bits per heavy atom. The molecular formula is C25H31N7O2S. The molecule has 3 aromatic rings. The second kappa shape index (κ2) is 10.2. The fraction of sp³-hybridized carbons (Fsp3) is 0.520. The van der Waals surface area contributed by atoms with Crippen LogP contribution >= 0.6 is 11.8 Å². The Bertz CT molecular complexity index is 1230. The molecule has 1 saturated carbocycles. The minimum absolute atomic E-state index is 0.154. The van der Waals surface area contributed by atoms with Crippen LogP contribution in [0.25, 0.3) is 0 Å². The Kier molecular flexibility index (Phi) is 6.86. The van der Waals surface area contributed by atoms with Crippen molar-refractivity contribution in [1.82, 2.24) is 19.3 Å². The Labute approximate surface area is 209 Å². The third-order valence-electron chi connectivity index (χ3n) is 7.13. The molecule has 5 rings (SSSR count). The van der Waals surface area contributed by atoms with Crippen molar-refractivity contribution in [2.45, 2.75) is 70.1 Å². The monoisotopic (exact) mass is 493 g/mol. The number of rotatable bonds is 8. The first-order valence-corrected chi connectivity index (χ1v) is 13.3. The molecule has 1 amide bonds. The van der Waals surface area contributed by atoms with Gasteiger partial charge >= 0.3 is 0 Å². The molecule has 2 aliphatic rings. The van der Waals surface area contributed by atoms with Gasteiger partial charge in [0.05, 0.1) is 24.1 Å². The second-order valence-electron chi connectivity index (χ2n) is 9.33. The van der Waals surface area contributed by atoms with Crippen molar-refractivity contribution in [1.29, 1.82) is 5.26 Å². The predicted molar refractivity (Wildman–Crippen MR) is 135 cm³/mol. The number of nitrogens with zero attached hydrogens (tertiary/aromatic N) is 6. The molecule has 3 aromatic heterocycles. The second-order valence-corrected chi connectivity index (χ2v) is 10.3. The highest BCUT2D eigenvalue weighted by Crippen LogP contribution is 2.38. The van der Waals surface area contributed by atoms with Crippen molar-refractivity contribution in [2.24, 2.45) is 0 Å². The maximum Gasteiger partial charge on any atom is 0.235 e. The molecular weight excluding hydrogens is 462 g/mol. The summed E-state index contributed by atoms with van der Waals surface area (Å²) in [6.07, 6.45) is 8.44. The number of carbonyl (C=O) groups excluding carboxylic acids is 1. The van der Waals surface area contributed by atoms with E-state index in [1.165, 1.54) is 24.6 Å². The highest BCUT2D eigenvalue weighted by molar-refractivity contribution is 7.99. The maximum atomic E-state index is 13.1. The number of nitriles is 1. The summed E-state index contributed by atoms with van der Waals surface area (Å²) in [5.74, 6) is 2.29. The van der Waals surface area contributed by atoms with Crippen LogP contribution in [0.15, 0.2) is 28.0 Å². The highest BCUT2D eigenvalue weighted by atomic mass is 32.2. The fourth-order valence-electron chi connectivity index (χ4n) is 5.24. The number of anilines is 2. The van der Waals surface area contributed by atoms with Crippen LogP contribution < -0.4 is 10.2 Å². The SMILES string of the molecule is Cc1c(C#N)c(NC(=O)CSc2nnc(N3CCCC3)n2Cc2ccco2)n(C2CCCC2)c1C. The molecule has 1 aliphatic carbocycles. The minimum Gasteiger partial charge on any atom is -0.467 e. The first kappa shape index (κ1) is 23.5. The Balaban J connectivity index is 1.34. The number of thioether (sulfide) groups is 1. The average Bonchev–Trinajstić information content (AvgIpc) is 3.67. The number of aromatic nitrogens is 4. The number of furan rings is 1.